The normalized spacial score (nSPS) is 14.2. The van der Waals surface area contributed by atoms with Crippen molar-refractivity contribution in [3.8, 4) is 5.75 Å². The Labute approximate surface area is 129 Å². The lowest BCUT2D eigenvalue weighted by Gasteiger charge is -2.28. The second-order valence-electron chi connectivity index (χ2n) is 5.20. The molecule has 22 heavy (non-hydrogen) atoms. The van der Waals surface area contributed by atoms with Gasteiger partial charge in [0.25, 0.3) is 10.0 Å². The van der Waals surface area contributed by atoms with Crippen molar-refractivity contribution in [3.05, 3.63) is 42.2 Å². The van der Waals surface area contributed by atoms with Gasteiger partial charge < -0.3 is 9.64 Å². The molecule has 1 aliphatic rings. The zero-order valence-corrected chi connectivity index (χ0v) is 13.2. The Morgan fingerprint density at radius 2 is 2.18 bits per heavy atom. The molecule has 0 fully saturated rings. The van der Waals surface area contributed by atoms with Gasteiger partial charge in [-0.1, -0.05) is 0 Å². The highest BCUT2D eigenvalue weighted by atomic mass is 32.2. The minimum atomic E-state index is -3.68. The van der Waals surface area contributed by atoms with E-state index in [0.29, 0.717) is 23.6 Å². The van der Waals surface area contributed by atoms with Gasteiger partial charge >= 0.3 is 0 Å². The first-order valence-corrected chi connectivity index (χ1v) is 8.37. The summed E-state index contributed by atoms with van der Waals surface area (Å²) in [5.74, 6) is 0.589. The summed E-state index contributed by atoms with van der Waals surface area (Å²) in [5, 5.41) is 0. The molecule has 0 aliphatic carbocycles. The number of benzene rings is 1. The largest absolute Gasteiger partial charge is 0.490 e. The van der Waals surface area contributed by atoms with Gasteiger partial charge in [0.1, 0.15) is 12.4 Å². The first kappa shape index (κ1) is 14.6. The predicted molar refractivity (Wildman–Crippen MR) is 85.0 cm³/mol. The van der Waals surface area contributed by atoms with Gasteiger partial charge in [-0.05, 0) is 30.7 Å². The van der Waals surface area contributed by atoms with Crippen LogP contribution in [-0.4, -0.2) is 33.6 Å². The van der Waals surface area contributed by atoms with Crippen LogP contribution in [0.1, 0.15) is 5.56 Å². The molecule has 1 aliphatic heterocycles. The molecular weight excluding hydrogens is 302 g/mol. The number of rotatable bonds is 3. The Morgan fingerprint density at radius 3 is 2.91 bits per heavy atom. The molecule has 0 atom stereocenters. The van der Waals surface area contributed by atoms with Gasteiger partial charge in [-0.15, -0.1) is 0 Å². The Bertz CT molecular complexity index is 791. The zero-order valence-electron chi connectivity index (χ0n) is 12.4. The zero-order chi connectivity index (χ0) is 15.7. The summed E-state index contributed by atoms with van der Waals surface area (Å²) in [6.45, 7) is 3.11. The Kier molecular flexibility index (Phi) is 3.66. The van der Waals surface area contributed by atoms with E-state index < -0.39 is 10.0 Å². The van der Waals surface area contributed by atoms with Gasteiger partial charge in [0.05, 0.1) is 29.0 Å². The van der Waals surface area contributed by atoms with E-state index in [1.807, 2.05) is 13.1 Å². The van der Waals surface area contributed by atoms with E-state index in [4.69, 9.17) is 4.74 Å². The maximum absolute atomic E-state index is 12.6. The van der Waals surface area contributed by atoms with E-state index in [-0.39, 0.29) is 4.90 Å². The summed E-state index contributed by atoms with van der Waals surface area (Å²) in [4.78, 5) is 6.17. The van der Waals surface area contributed by atoms with Crippen LogP contribution in [0.3, 0.4) is 0 Å². The van der Waals surface area contributed by atoms with Gasteiger partial charge in [-0.3, -0.25) is 9.71 Å². The van der Waals surface area contributed by atoms with E-state index in [9.17, 15) is 8.42 Å². The fourth-order valence-corrected chi connectivity index (χ4v) is 3.69. The van der Waals surface area contributed by atoms with Crippen LogP contribution in [-0.2, 0) is 10.0 Å². The molecule has 0 bridgehead atoms. The van der Waals surface area contributed by atoms with Crippen molar-refractivity contribution in [3.63, 3.8) is 0 Å². The van der Waals surface area contributed by atoms with E-state index in [2.05, 4.69) is 14.6 Å². The molecule has 7 heteroatoms. The van der Waals surface area contributed by atoms with E-state index in [1.165, 1.54) is 6.20 Å². The monoisotopic (exact) mass is 319 g/mol. The third-order valence-electron chi connectivity index (χ3n) is 3.56. The number of nitrogens with one attached hydrogen (secondary N) is 1. The number of hydrogen-bond acceptors (Lipinski definition) is 5. The summed E-state index contributed by atoms with van der Waals surface area (Å²) >= 11 is 0. The van der Waals surface area contributed by atoms with E-state index >= 15 is 0 Å². The van der Waals surface area contributed by atoms with Crippen LogP contribution in [0.4, 0.5) is 11.4 Å². The highest BCUT2D eigenvalue weighted by Gasteiger charge is 2.23. The van der Waals surface area contributed by atoms with E-state index in [1.54, 1.807) is 31.3 Å². The molecule has 2 heterocycles. The Balaban J connectivity index is 2.01. The Hall–Kier alpha value is -2.28. The van der Waals surface area contributed by atoms with Crippen molar-refractivity contribution in [1.29, 1.82) is 0 Å². The first-order valence-electron chi connectivity index (χ1n) is 6.89. The van der Waals surface area contributed by atoms with Gasteiger partial charge in [-0.25, -0.2) is 8.42 Å². The maximum atomic E-state index is 12.6. The molecule has 0 amide bonds. The SMILES string of the molecule is Cc1cc2c(cc1S(=O)(=O)Nc1cccnc1)OCCN2C. The number of sulfonamides is 1. The van der Waals surface area contributed by atoms with Gasteiger partial charge in [0, 0.05) is 19.3 Å². The molecule has 116 valence electrons. The fraction of sp³-hybridized carbons (Fsp3) is 0.267. The third kappa shape index (κ3) is 2.71. The van der Waals surface area contributed by atoms with Crippen LogP contribution in [0.5, 0.6) is 5.75 Å². The first-order chi connectivity index (χ1) is 10.5. The Morgan fingerprint density at radius 1 is 1.36 bits per heavy atom. The van der Waals surface area contributed by atoms with Gasteiger partial charge in [0.2, 0.25) is 0 Å². The predicted octanol–water partition coefficient (Wildman–Crippen LogP) is 2.02. The molecule has 0 radical (unpaired) electrons. The van der Waals surface area contributed by atoms with Crippen LogP contribution in [0, 0.1) is 6.92 Å². The van der Waals surface area contributed by atoms with Gasteiger partial charge in [0.15, 0.2) is 0 Å². The van der Waals surface area contributed by atoms with E-state index in [0.717, 1.165) is 12.2 Å². The van der Waals surface area contributed by atoms with Crippen molar-refractivity contribution in [2.45, 2.75) is 11.8 Å². The molecule has 0 saturated heterocycles. The minimum absolute atomic E-state index is 0.213. The third-order valence-corrected chi connectivity index (χ3v) is 5.08. The second-order valence-corrected chi connectivity index (χ2v) is 6.85. The minimum Gasteiger partial charge on any atom is -0.490 e. The average Bonchev–Trinajstić information content (AvgIpc) is 2.48. The number of pyridine rings is 1. The van der Waals surface area contributed by atoms with Gasteiger partial charge in [-0.2, -0.15) is 0 Å². The summed E-state index contributed by atoms with van der Waals surface area (Å²) < 4.78 is 33.3. The van der Waals surface area contributed by atoms with Crippen LogP contribution >= 0.6 is 0 Å². The summed E-state index contributed by atoms with van der Waals surface area (Å²) in [6.07, 6.45) is 3.06. The average molecular weight is 319 g/mol. The summed E-state index contributed by atoms with van der Waals surface area (Å²) in [5.41, 5.74) is 2.01. The number of hydrogen-bond donors (Lipinski definition) is 1. The van der Waals surface area contributed by atoms with Crippen molar-refractivity contribution in [2.24, 2.45) is 0 Å². The molecule has 0 unspecified atom stereocenters. The van der Waals surface area contributed by atoms with Crippen molar-refractivity contribution in [1.82, 2.24) is 4.98 Å². The van der Waals surface area contributed by atoms with Crippen LogP contribution in [0.2, 0.25) is 0 Å². The molecule has 3 rings (SSSR count). The highest BCUT2D eigenvalue weighted by molar-refractivity contribution is 7.92. The fourth-order valence-electron chi connectivity index (χ4n) is 2.40. The summed E-state index contributed by atoms with van der Waals surface area (Å²) in [7, 11) is -1.72. The van der Waals surface area contributed by atoms with Crippen molar-refractivity contribution < 1.29 is 13.2 Å². The smallest absolute Gasteiger partial charge is 0.262 e. The quantitative estimate of drug-likeness (QED) is 0.937. The number of aromatic nitrogens is 1. The standard InChI is InChI=1S/C15H17N3O3S/c1-11-8-13-14(21-7-6-18(13)2)9-15(11)22(19,20)17-12-4-3-5-16-10-12/h3-5,8-10,17H,6-7H2,1-2H3. The highest BCUT2D eigenvalue weighted by Crippen LogP contribution is 2.35. The molecule has 1 N–H and O–H groups in total. The lowest BCUT2D eigenvalue weighted by molar-refractivity contribution is 0.310. The molecular formula is C15H17N3O3S. The molecule has 1 aromatic heterocycles. The molecule has 1 aromatic carbocycles. The number of anilines is 2. The van der Waals surface area contributed by atoms with Crippen LogP contribution in [0.15, 0.2) is 41.6 Å². The molecule has 0 spiro atoms. The number of ether oxygens (including phenoxy) is 1. The molecule has 6 nitrogen and oxygen atoms in total. The van der Waals surface area contributed by atoms with Crippen molar-refractivity contribution in [2.75, 3.05) is 29.8 Å². The van der Waals surface area contributed by atoms with Crippen LogP contribution < -0.4 is 14.4 Å². The number of nitrogens with zero attached hydrogens (tertiary/aromatic N) is 2. The topological polar surface area (TPSA) is 71.5 Å². The lowest BCUT2D eigenvalue weighted by Crippen LogP contribution is -2.29. The number of aryl methyl sites for hydroxylation is 1. The molecule has 2 aromatic rings. The number of likely N-dealkylation sites (N-methyl/N-ethyl adjacent to an activating group) is 1. The van der Waals surface area contributed by atoms with Crippen LogP contribution in [0.25, 0.3) is 0 Å². The second kappa shape index (κ2) is 5.49. The molecule has 0 saturated carbocycles. The number of fused-ring (bicyclic) bond motifs is 1. The van der Waals surface area contributed by atoms with Crippen molar-refractivity contribution >= 4 is 21.4 Å². The maximum Gasteiger partial charge on any atom is 0.262 e. The summed E-state index contributed by atoms with van der Waals surface area (Å²) in [6, 6.07) is 6.75. The lowest BCUT2D eigenvalue weighted by atomic mass is 10.2.